The third kappa shape index (κ3) is 27.8. The minimum absolute atomic E-state index is 0. The van der Waals surface area contributed by atoms with Crippen molar-refractivity contribution in [2.75, 3.05) is 75.3 Å². The van der Waals surface area contributed by atoms with Crippen molar-refractivity contribution < 1.29 is 150 Å². The Labute approximate surface area is 625 Å². The maximum Gasteiger partial charge on any atom is 0.397 e. The van der Waals surface area contributed by atoms with Gasteiger partial charge >= 0.3 is 10.4 Å². The average molecular weight is 1750 g/mol. The monoisotopic (exact) mass is 1750 g/mol. The van der Waals surface area contributed by atoms with Crippen LogP contribution < -0.4 is 50.6 Å². The lowest BCUT2D eigenvalue weighted by Gasteiger charge is -2.10. The van der Waals surface area contributed by atoms with E-state index in [4.69, 9.17) is 79.1 Å². The van der Waals surface area contributed by atoms with Gasteiger partial charge in [-0.3, -0.25) is 31.7 Å². The second-order valence-electron chi connectivity index (χ2n) is 20.1. The predicted molar refractivity (Wildman–Crippen MR) is 390 cm³/mol. The molecule has 8 aromatic carbocycles. The number of anilines is 9. The maximum atomic E-state index is 12.0. The Bertz CT molecular complexity index is 5820. The first-order valence-electron chi connectivity index (χ1n) is 27.2. The molecule has 0 saturated heterocycles. The quantitative estimate of drug-likeness (QED) is 0.0128. The van der Waals surface area contributed by atoms with E-state index in [-0.39, 0.29) is 66.9 Å². The SMILES string of the molecule is C.C=CS(=O)(=O)c1cc(N)c(S(=O)(=O)O)cc1SOOO.Nc1cc(SOOO)cc2cc(S(=O)(=O)O)cc(O)c12.Nc1cc2c(cc1S(=O)(=O)O)S(=O)(=O)OCCS2(=O)=O.Nc1ccc(NS(=O)(=O)c2ccc(N)cc2)cc1.Nc1ccc(S(=O)(=O)CCOS(=O)(=O)O)cc1.Nc1ccc(S(=O)(=O)O)c(N)c1. The van der Waals surface area contributed by atoms with Crippen molar-refractivity contribution >= 4 is 187 Å². The molecule has 1 aliphatic rings. The van der Waals surface area contributed by atoms with E-state index in [1.165, 1.54) is 72.8 Å². The van der Waals surface area contributed by atoms with Crippen LogP contribution >= 0.6 is 24.1 Å². The van der Waals surface area contributed by atoms with Gasteiger partial charge in [-0.1, -0.05) is 24.1 Å². The van der Waals surface area contributed by atoms with Crippen molar-refractivity contribution in [2.24, 2.45) is 0 Å². The molecule has 0 atom stereocenters. The van der Waals surface area contributed by atoms with Gasteiger partial charge < -0.3 is 51.0 Å². The summed E-state index contributed by atoms with van der Waals surface area (Å²) in [5.74, 6) is -1.54. The third-order valence-corrected chi connectivity index (χ3v) is 25.6. The first kappa shape index (κ1) is 93.6. The molecule has 0 aliphatic carbocycles. The van der Waals surface area contributed by atoms with E-state index >= 15 is 0 Å². The smallest absolute Gasteiger partial charge is 0.397 e. The third-order valence-electron chi connectivity index (χ3n) is 12.5. The van der Waals surface area contributed by atoms with Gasteiger partial charge in [0.05, 0.1) is 95.2 Å². The molecule has 9 rings (SSSR count). The Morgan fingerprint density at radius 3 is 1.45 bits per heavy atom. The summed E-state index contributed by atoms with van der Waals surface area (Å²) in [5, 5.41) is 33.8. The van der Waals surface area contributed by atoms with E-state index in [9.17, 15) is 89.3 Å². The Morgan fingerprint density at radius 1 is 0.500 bits per heavy atom. The molecule has 0 fully saturated rings. The van der Waals surface area contributed by atoms with E-state index in [0.29, 0.717) is 62.9 Å². The van der Waals surface area contributed by atoms with Crippen molar-refractivity contribution in [2.45, 2.75) is 61.3 Å². The zero-order valence-corrected chi connectivity index (χ0v) is 62.9. The lowest BCUT2D eigenvalue weighted by Crippen LogP contribution is -2.15. The van der Waals surface area contributed by atoms with Crippen molar-refractivity contribution in [1.82, 2.24) is 0 Å². The van der Waals surface area contributed by atoms with Crippen LogP contribution in [0.2, 0.25) is 0 Å². The highest BCUT2D eigenvalue weighted by Gasteiger charge is 2.35. The summed E-state index contributed by atoms with van der Waals surface area (Å²) in [6.07, 6.45) is 0. The molecule has 596 valence electrons. The van der Waals surface area contributed by atoms with E-state index < -0.39 is 166 Å². The van der Waals surface area contributed by atoms with Crippen LogP contribution in [0.4, 0.5) is 51.2 Å². The van der Waals surface area contributed by atoms with Crippen LogP contribution in [0, 0.1) is 0 Å². The summed E-state index contributed by atoms with van der Waals surface area (Å²) in [6, 6.07) is 29.3. The molecule has 43 nitrogen and oxygen atoms in total. The zero-order valence-electron chi connectivity index (χ0n) is 53.1. The number of nitrogen functional groups attached to an aromatic ring is 8. The molecule has 0 radical (unpaired) electrons. The number of hydrogen-bond acceptors (Lipinski definition) is 39. The number of benzene rings is 8. The van der Waals surface area contributed by atoms with Crippen LogP contribution in [0.1, 0.15) is 7.43 Å². The summed E-state index contributed by atoms with van der Waals surface area (Å²) in [5.41, 5.74) is 44.9. The summed E-state index contributed by atoms with van der Waals surface area (Å²) >= 11 is 0.821. The van der Waals surface area contributed by atoms with Gasteiger partial charge in [0, 0.05) is 55.9 Å². The fourth-order valence-corrected chi connectivity index (χ4v) is 18.0. The van der Waals surface area contributed by atoms with E-state index in [1.54, 1.807) is 24.3 Å². The van der Waals surface area contributed by atoms with E-state index in [1.807, 2.05) is 0 Å². The Balaban J connectivity index is 0.000000338. The van der Waals surface area contributed by atoms with Crippen LogP contribution in [0.15, 0.2) is 205 Å². The normalized spacial score (nSPS) is 13.4. The van der Waals surface area contributed by atoms with E-state index in [0.717, 1.165) is 30.3 Å². The molecule has 1 aliphatic heterocycles. The molecule has 108 heavy (non-hydrogen) atoms. The highest BCUT2D eigenvalue weighted by atomic mass is 32.3. The Kier molecular flexibility index (Phi) is 32.7. The van der Waals surface area contributed by atoms with Gasteiger partial charge in [-0.05, 0) is 139 Å². The number of hydrogen-bond donors (Lipinski definition) is 17. The lowest BCUT2D eigenvalue weighted by atomic mass is 10.1. The van der Waals surface area contributed by atoms with Gasteiger partial charge in [0.1, 0.15) is 25.3 Å². The maximum absolute atomic E-state index is 12.0. The highest BCUT2D eigenvalue weighted by molar-refractivity contribution is 7.97. The van der Waals surface area contributed by atoms with Crippen LogP contribution in [0.25, 0.3) is 10.8 Å². The Hall–Kier alpha value is -8.56. The summed E-state index contributed by atoms with van der Waals surface area (Å²) in [6.45, 7) is 1.86. The van der Waals surface area contributed by atoms with Crippen LogP contribution in [-0.2, 0) is 128 Å². The van der Waals surface area contributed by atoms with Crippen molar-refractivity contribution in [3.8, 4) is 5.75 Å². The summed E-state index contributed by atoms with van der Waals surface area (Å²) in [4.78, 5) is -4.10. The molecule has 8 aromatic rings. The minimum Gasteiger partial charge on any atom is -0.507 e. The molecule has 0 bridgehead atoms. The van der Waals surface area contributed by atoms with Gasteiger partial charge in [0.2, 0.25) is 9.84 Å². The number of phenols is 1. The van der Waals surface area contributed by atoms with Crippen molar-refractivity contribution in [3.05, 3.63) is 152 Å². The molecular formula is C53H63N9O34S12. The average Bonchev–Trinajstić information content (AvgIpc) is 1.35. The van der Waals surface area contributed by atoms with Crippen LogP contribution in [-0.4, -0.2) is 147 Å². The van der Waals surface area contributed by atoms with Gasteiger partial charge in [0.15, 0.2) is 19.7 Å². The first-order chi connectivity index (χ1) is 49.0. The minimum atomic E-state index is -4.81. The highest BCUT2D eigenvalue weighted by Crippen LogP contribution is 2.38. The van der Waals surface area contributed by atoms with Crippen LogP contribution in [0.5, 0.6) is 5.75 Å². The number of rotatable bonds is 20. The van der Waals surface area contributed by atoms with Gasteiger partial charge in [0.25, 0.3) is 60.6 Å². The number of aromatic hydroxyl groups is 1. The lowest BCUT2D eigenvalue weighted by molar-refractivity contribution is -0.432. The van der Waals surface area contributed by atoms with Crippen molar-refractivity contribution in [1.29, 1.82) is 0 Å². The molecule has 1 heterocycles. The first-order valence-corrected chi connectivity index (χ1v) is 43.6. The zero-order chi connectivity index (χ0) is 81.4. The number of nitrogens with one attached hydrogen (secondary N) is 1. The number of phenolic OH excluding ortho intramolecular Hbond substituents is 1. The van der Waals surface area contributed by atoms with Gasteiger partial charge in [-0.15, -0.1) is 8.67 Å². The largest absolute Gasteiger partial charge is 0.507 e. The molecule has 0 aromatic heterocycles. The topological polar surface area (TPSA) is 779 Å². The molecule has 0 amide bonds. The van der Waals surface area contributed by atoms with Crippen LogP contribution in [0.3, 0.4) is 0 Å². The standard InChI is InChI=1S/C12H13N3O2S.C10H9NO7S2.2C8H9NO8S3.C8H11NO6S2.C6H8N2O3S.CH4/c13-9-1-5-11(6-2-9)15-18(16,17)12-7-3-10(14)4-8-12;11-8-3-6(19-18-17-13)1-5-2-7(20(14,15)16)4-9(12)10(5)8;9-5-3-7-8(4-6(5)19(12,13)14)20(15,16)17-1-2-18(7,10)11;1-2-19(11,12)8-3-5(9)7(20(13,14)15)4-6(8)18-17-16-10;9-7-1-3-8(4-2-7)16(10,11)6-5-15-17(12,13)14;7-4-1-2-6(5(8)3-4)12(9,10)11;/h1-8,15H,13-14H2;1-4,12-13H,11H2,(H,14,15,16);3-4H,1-2,9H2,(H,12,13,14);2-4,10H,1,9H2,(H,13,14,15);1-4H,5-6,9H2,(H,12,13,14);1-3H,7-8H2,(H,9,10,11);1H4. The molecule has 0 unspecified atom stereocenters. The summed E-state index contributed by atoms with van der Waals surface area (Å²) in [7, 11) is -42.5. The molecule has 55 heteroatoms. The summed E-state index contributed by atoms with van der Waals surface area (Å²) < 4.78 is 289. The predicted octanol–water partition coefficient (Wildman–Crippen LogP) is 3.92. The second kappa shape index (κ2) is 37.7. The fraction of sp³-hybridized carbons (Fsp3) is 0.0943. The molecule has 25 N–H and O–H groups in total. The number of sulfonamides is 1. The molecular weight excluding hydrogens is 1690 g/mol. The van der Waals surface area contributed by atoms with Gasteiger partial charge in [-0.2, -0.15) is 50.5 Å². The van der Waals surface area contributed by atoms with Gasteiger partial charge in [-0.25, -0.2) is 48.4 Å². The molecule has 0 saturated carbocycles. The number of sulfone groups is 3. The molecule has 0 spiro atoms. The fourth-order valence-electron chi connectivity index (χ4n) is 7.83. The Morgan fingerprint density at radius 2 is 0.972 bits per heavy atom. The number of fused-ring (bicyclic) bond motifs is 2. The van der Waals surface area contributed by atoms with E-state index in [2.05, 4.69) is 38.4 Å². The second-order valence-corrected chi connectivity index (χ2v) is 37.6. The number of nitrogens with two attached hydrogens (primary N) is 8. The van der Waals surface area contributed by atoms with Crippen molar-refractivity contribution in [3.63, 3.8) is 0 Å².